The quantitative estimate of drug-likeness (QED) is 0.847. The van der Waals surface area contributed by atoms with Gasteiger partial charge in [-0.3, -0.25) is 0 Å². The zero-order valence-electron chi connectivity index (χ0n) is 11.6. The average Bonchev–Trinajstić information content (AvgIpc) is 2.36. The molecule has 0 amide bonds. The van der Waals surface area contributed by atoms with Crippen LogP contribution < -0.4 is 15.6 Å². The first-order valence-electron chi connectivity index (χ1n) is 6.05. The van der Waals surface area contributed by atoms with Crippen molar-refractivity contribution < 1.29 is 13.2 Å². The van der Waals surface area contributed by atoms with Crippen LogP contribution in [0.1, 0.15) is 11.1 Å². The van der Waals surface area contributed by atoms with E-state index in [1.807, 2.05) is 6.92 Å². The van der Waals surface area contributed by atoms with Crippen LogP contribution in [0.3, 0.4) is 0 Å². The molecule has 2 aromatic rings. The van der Waals surface area contributed by atoms with Gasteiger partial charge in [-0.05, 0) is 43.7 Å². The van der Waals surface area contributed by atoms with Gasteiger partial charge in [0.1, 0.15) is 11.5 Å². The smallest absolute Gasteiger partial charge is 0.238 e. The Morgan fingerprint density at radius 1 is 1.14 bits per heavy atom. The molecule has 2 rings (SSSR count). The zero-order chi connectivity index (χ0) is 15.8. The molecule has 0 aliphatic carbocycles. The molecule has 0 saturated carbocycles. The molecule has 21 heavy (non-hydrogen) atoms. The average molecular weight is 327 g/mol. The standard InChI is InChI=1S/C14H15ClN2O3S/c1-8-5-11(3-4-12(8)15)20-13-6-10(16)7-14(9(13)2)21(17,18)19/h3-7H,16H2,1-2H3,(H2,17,18,19). The second kappa shape index (κ2) is 5.55. The van der Waals surface area contributed by atoms with Crippen molar-refractivity contribution in [3.05, 3.63) is 46.5 Å². The van der Waals surface area contributed by atoms with Gasteiger partial charge in [-0.25, -0.2) is 13.6 Å². The highest BCUT2D eigenvalue weighted by molar-refractivity contribution is 7.89. The summed E-state index contributed by atoms with van der Waals surface area (Å²) >= 11 is 5.95. The summed E-state index contributed by atoms with van der Waals surface area (Å²) in [5.41, 5.74) is 7.22. The Balaban J connectivity index is 2.49. The molecule has 0 unspecified atom stereocenters. The first kappa shape index (κ1) is 15.6. The van der Waals surface area contributed by atoms with Crippen LogP contribution in [-0.2, 0) is 10.0 Å². The Morgan fingerprint density at radius 3 is 2.38 bits per heavy atom. The number of nitrogens with two attached hydrogens (primary N) is 2. The number of ether oxygens (including phenoxy) is 1. The molecule has 0 heterocycles. The van der Waals surface area contributed by atoms with Crippen LogP contribution in [0.25, 0.3) is 0 Å². The van der Waals surface area contributed by atoms with Crippen LogP contribution in [-0.4, -0.2) is 8.42 Å². The monoisotopic (exact) mass is 326 g/mol. The fraction of sp³-hybridized carbons (Fsp3) is 0.143. The van der Waals surface area contributed by atoms with E-state index in [0.29, 0.717) is 22.1 Å². The predicted octanol–water partition coefficient (Wildman–Crippen LogP) is 2.98. The number of hydrogen-bond donors (Lipinski definition) is 2. The van der Waals surface area contributed by atoms with E-state index in [1.54, 1.807) is 31.2 Å². The summed E-state index contributed by atoms with van der Waals surface area (Å²) in [6, 6.07) is 8.00. The molecule has 0 radical (unpaired) electrons. The first-order chi connectivity index (χ1) is 9.68. The van der Waals surface area contributed by atoms with E-state index in [1.165, 1.54) is 6.07 Å². The largest absolute Gasteiger partial charge is 0.457 e. The number of primary sulfonamides is 1. The minimum Gasteiger partial charge on any atom is -0.457 e. The van der Waals surface area contributed by atoms with Gasteiger partial charge < -0.3 is 10.5 Å². The Kier molecular flexibility index (Phi) is 4.13. The van der Waals surface area contributed by atoms with Gasteiger partial charge >= 0.3 is 0 Å². The van der Waals surface area contributed by atoms with Crippen LogP contribution in [0.5, 0.6) is 11.5 Å². The maximum Gasteiger partial charge on any atom is 0.238 e. The van der Waals surface area contributed by atoms with E-state index in [9.17, 15) is 8.42 Å². The summed E-state index contributed by atoms with van der Waals surface area (Å²) in [5, 5.41) is 5.80. The fourth-order valence-corrected chi connectivity index (χ4v) is 2.84. The lowest BCUT2D eigenvalue weighted by Gasteiger charge is -2.13. The summed E-state index contributed by atoms with van der Waals surface area (Å²) < 4.78 is 28.8. The number of rotatable bonds is 3. The molecule has 112 valence electrons. The second-order valence-corrected chi connectivity index (χ2v) is 6.64. The van der Waals surface area contributed by atoms with Crippen molar-refractivity contribution in [2.45, 2.75) is 18.7 Å². The molecule has 7 heteroatoms. The number of halogens is 1. The second-order valence-electron chi connectivity index (χ2n) is 4.70. The molecule has 4 N–H and O–H groups in total. The van der Waals surface area contributed by atoms with Gasteiger partial charge in [0.05, 0.1) is 4.90 Å². The molecular formula is C14H15ClN2O3S. The van der Waals surface area contributed by atoms with Gasteiger partial charge in [0.25, 0.3) is 0 Å². The van der Waals surface area contributed by atoms with Gasteiger partial charge in [-0.2, -0.15) is 0 Å². The molecule has 0 fully saturated rings. The summed E-state index contributed by atoms with van der Waals surface area (Å²) in [6.45, 7) is 3.45. The predicted molar refractivity (Wildman–Crippen MR) is 83.2 cm³/mol. The molecule has 0 aliphatic heterocycles. The molecule has 0 saturated heterocycles. The SMILES string of the molecule is Cc1cc(Oc2cc(N)cc(S(N)(=O)=O)c2C)ccc1Cl. The van der Waals surface area contributed by atoms with Crippen LogP contribution in [0.15, 0.2) is 35.2 Å². The van der Waals surface area contributed by atoms with E-state index < -0.39 is 10.0 Å². The molecule has 0 atom stereocenters. The Bertz CT molecular complexity index is 804. The lowest BCUT2D eigenvalue weighted by atomic mass is 10.2. The summed E-state index contributed by atoms with van der Waals surface area (Å²) in [4.78, 5) is -0.0526. The Labute approximate surface area is 128 Å². The Hall–Kier alpha value is -1.76. The third-order valence-electron chi connectivity index (χ3n) is 3.00. The molecule has 2 aromatic carbocycles. The van der Waals surface area contributed by atoms with Crippen molar-refractivity contribution >= 4 is 27.3 Å². The number of hydrogen-bond acceptors (Lipinski definition) is 4. The number of aryl methyl sites for hydroxylation is 1. The Morgan fingerprint density at radius 2 is 1.81 bits per heavy atom. The van der Waals surface area contributed by atoms with Crippen LogP contribution in [0.4, 0.5) is 5.69 Å². The van der Waals surface area contributed by atoms with Crippen LogP contribution in [0, 0.1) is 13.8 Å². The molecule has 0 spiro atoms. The number of sulfonamides is 1. The van der Waals surface area contributed by atoms with Gasteiger partial charge in [0, 0.05) is 22.3 Å². The highest BCUT2D eigenvalue weighted by Gasteiger charge is 2.17. The zero-order valence-corrected chi connectivity index (χ0v) is 13.1. The number of nitrogen functional groups attached to an aromatic ring is 1. The lowest BCUT2D eigenvalue weighted by Crippen LogP contribution is -2.14. The van der Waals surface area contributed by atoms with Gasteiger partial charge in [0.2, 0.25) is 10.0 Å². The van der Waals surface area contributed by atoms with Crippen molar-refractivity contribution in [1.29, 1.82) is 0 Å². The maximum absolute atomic E-state index is 11.6. The van der Waals surface area contributed by atoms with E-state index in [0.717, 1.165) is 5.56 Å². The van der Waals surface area contributed by atoms with Gasteiger partial charge in [-0.15, -0.1) is 0 Å². The highest BCUT2D eigenvalue weighted by atomic mass is 35.5. The van der Waals surface area contributed by atoms with E-state index in [4.69, 9.17) is 27.2 Å². The third-order valence-corrected chi connectivity index (χ3v) is 4.46. The van der Waals surface area contributed by atoms with E-state index in [2.05, 4.69) is 0 Å². The van der Waals surface area contributed by atoms with Crippen molar-refractivity contribution in [1.82, 2.24) is 0 Å². The molecule has 0 bridgehead atoms. The summed E-state index contributed by atoms with van der Waals surface area (Å²) in [7, 11) is -3.87. The topological polar surface area (TPSA) is 95.4 Å². The van der Waals surface area contributed by atoms with Crippen molar-refractivity contribution in [2.24, 2.45) is 5.14 Å². The summed E-state index contributed by atoms with van der Waals surface area (Å²) in [6.07, 6.45) is 0. The van der Waals surface area contributed by atoms with Crippen molar-refractivity contribution in [3.63, 3.8) is 0 Å². The summed E-state index contributed by atoms with van der Waals surface area (Å²) in [5.74, 6) is 0.867. The van der Waals surface area contributed by atoms with Crippen molar-refractivity contribution in [3.8, 4) is 11.5 Å². The normalized spacial score (nSPS) is 11.4. The molecule has 0 aromatic heterocycles. The number of benzene rings is 2. The fourth-order valence-electron chi connectivity index (χ4n) is 1.89. The highest BCUT2D eigenvalue weighted by Crippen LogP contribution is 2.32. The van der Waals surface area contributed by atoms with Crippen molar-refractivity contribution in [2.75, 3.05) is 5.73 Å². The maximum atomic E-state index is 11.6. The molecule has 0 aliphatic rings. The van der Waals surface area contributed by atoms with Gasteiger partial charge in [-0.1, -0.05) is 11.6 Å². The lowest BCUT2D eigenvalue weighted by molar-refractivity contribution is 0.476. The third kappa shape index (κ3) is 3.47. The minimum atomic E-state index is -3.87. The first-order valence-corrected chi connectivity index (χ1v) is 7.98. The van der Waals surface area contributed by atoms with Gasteiger partial charge in [0.15, 0.2) is 0 Å². The minimum absolute atomic E-state index is 0.0526. The van der Waals surface area contributed by atoms with E-state index >= 15 is 0 Å². The van der Waals surface area contributed by atoms with E-state index in [-0.39, 0.29) is 10.6 Å². The van der Waals surface area contributed by atoms with Crippen LogP contribution >= 0.6 is 11.6 Å². The molecule has 5 nitrogen and oxygen atoms in total. The van der Waals surface area contributed by atoms with Crippen LogP contribution in [0.2, 0.25) is 5.02 Å². The number of anilines is 1. The molecular weight excluding hydrogens is 312 g/mol.